The van der Waals surface area contributed by atoms with Crippen LogP contribution in [0.15, 0.2) is 4.99 Å². The average molecular weight is 369 g/mol. The van der Waals surface area contributed by atoms with E-state index in [1.54, 1.807) is 0 Å². The van der Waals surface area contributed by atoms with Crippen LogP contribution in [0.5, 0.6) is 0 Å². The summed E-state index contributed by atoms with van der Waals surface area (Å²) < 4.78 is 5.28. The lowest BCUT2D eigenvalue weighted by Gasteiger charge is -2.27. The van der Waals surface area contributed by atoms with Gasteiger partial charge < -0.3 is 15.4 Å². The lowest BCUT2D eigenvalue weighted by atomic mass is 9.90. The number of hydrogen-bond donors (Lipinski definition) is 1. The van der Waals surface area contributed by atoms with E-state index in [0.29, 0.717) is 11.4 Å². The van der Waals surface area contributed by atoms with Crippen LogP contribution >= 0.6 is 24.0 Å². The highest BCUT2D eigenvalue weighted by molar-refractivity contribution is 14.0. The molecule has 0 aromatic carbocycles. The van der Waals surface area contributed by atoms with Gasteiger partial charge in [-0.3, -0.25) is 4.99 Å². The Hall–Kier alpha value is -0.0400. The lowest BCUT2D eigenvalue weighted by Crippen LogP contribution is -2.44. The van der Waals surface area contributed by atoms with Crippen molar-refractivity contribution < 1.29 is 4.74 Å². The van der Waals surface area contributed by atoms with Gasteiger partial charge in [0, 0.05) is 19.6 Å². The fourth-order valence-electron chi connectivity index (χ4n) is 1.85. The van der Waals surface area contributed by atoms with E-state index in [-0.39, 0.29) is 24.0 Å². The molecular weight excluding hydrogens is 341 g/mol. The number of hydrogen-bond acceptors (Lipinski definition) is 2. The lowest BCUT2D eigenvalue weighted by molar-refractivity contribution is 0.0674. The van der Waals surface area contributed by atoms with Gasteiger partial charge in [0.25, 0.3) is 0 Å². The predicted octanol–water partition coefficient (Wildman–Crippen LogP) is 2.47. The zero-order valence-corrected chi connectivity index (χ0v) is 14.3. The highest BCUT2D eigenvalue weighted by Gasteiger charge is 2.12. The van der Waals surface area contributed by atoms with E-state index in [0.717, 1.165) is 39.3 Å². The summed E-state index contributed by atoms with van der Waals surface area (Å²) in [5.74, 6) is 0.684. The normalized spacial score (nSPS) is 17.5. The minimum atomic E-state index is 0. The number of guanidine groups is 1. The molecule has 0 aliphatic carbocycles. The number of ether oxygens (including phenoxy) is 1. The molecule has 0 bridgehead atoms. The summed E-state index contributed by atoms with van der Waals surface area (Å²) in [6.45, 7) is 10.9. The number of unbranched alkanes of at least 4 members (excludes halogenated alkanes) is 1. The molecule has 2 N–H and O–H groups in total. The Morgan fingerprint density at radius 2 is 1.83 bits per heavy atom. The summed E-state index contributed by atoms with van der Waals surface area (Å²) in [7, 11) is 0. The van der Waals surface area contributed by atoms with Gasteiger partial charge in [-0.1, -0.05) is 27.2 Å². The number of aliphatic imine (C=N–C) groups is 1. The zero-order chi connectivity index (χ0) is 12.7. The molecule has 1 heterocycles. The first-order valence-electron chi connectivity index (χ1n) is 6.62. The topological polar surface area (TPSA) is 50.8 Å². The monoisotopic (exact) mass is 369 g/mol. The van der Waals surface area contributed by atoms with Crippen molar-refractivity contribution in [2.75, 3.05) is 32.8 Å². The number of nitrogens with zero attached hydrogens (tertiary/aromatic N) is 2. The molecule has 18 heavy (non-hydrogen) atoms. The number of morpholine rings is 1. The van der Waals surface area contributed by atoms with E-state index in [9.17, 15) is 0 Å². The van der Waals surface area contributed by atoms with Crippen LogP contribution in [0.3, 0.4) is 0 Å². The summed E-state index contributed by atoms with van der Waals surface area (Å²) in [6, 6.07) is 0. The third-order valence-corrected chi connectivity index (χ3v) is 2.94. The molecule has 0 spiro atoms. The van der Waals surface area contributed by atoms with Crippen LogP contribution < -0.4 is 5.73 Å². The summed E-state index contributed by atoms with van der Waals surface area (Å²) in [5.41, 5.74) is 6.37. The van der Waals surface area contributed by atoms with Crippen molar-refractivity contribution in [1.82, 2.24) is 4.90 Å². The van der Waals surface area contributed by atoms with Crippen molar-refractivity contribution in [2.24, 2.45) is 16.1 Å². The highest BCUT2D eigenvalue weighted by Crippen LogP contribution is 2.21. The average Bonchev–Trinajstić information content (AvgIpc) is 2.28. The van der Waals surface area contributed by atoms with Crippen LogP contribution in [-0.2, 0) is 4.74 Å². The van der Waals surface area contributed by atoms with Crippen molar-refractivity contribution in [3.05, 3.63) is 0 Å². The third kappa shape index (κ3) is 8.13. The molecule has 0 saturated carbocycles. The van der Waals surface area contributed by atoms with Gasteiger partial charge in [-0.15, -0.1) is 24.0 Å². The molecular formula is C13H28IN3O. The molecule has 1 fully saturated rings. The van der Waals surface area contributed by atoms with E-state index in [2.05, 4.69) is 30.7 Å². The van der Waals surface area contributed by atoms with Crippen LogP contribution in [0.4, 0.5) is 0 Å². The summed E-state index contributed by atoms with van der Waals surface area (Å²) >= 11 is 0. The van der Waals surface area contributed by atoms with Crippen LogP contribution in [0, 0.1) is 5.41 Å². The minimum absolute atomic E-state index is 0. The quantitative estimate of drug-likeness (QED) is 0.359. The maximum absolute atomic E-state index is 5.94. The highest BCUT2D eigenvalue weighted by atomic mass is 127. The number of rotatable bonds is 4. The Bertz CT molecular complexity index is 245. The Morgan fingerprint density at radius 1 is 1.22 bits per heavy atom. The Morgan fingerprint density at radius 3 is 2.39 bits per heavy atom. The summed E-state index contributed by atoms with van der Waals surface area (Å²) in [6.07, 6.45) is 3.60. The van der Waals surface area contributed by atoms with E-state index in [1.807, 2.05) is 0 Å². The molecule has 1 aliphatic heterocycles. The van der Waals surface area contributed by atoms with Crippen molar-refractivity contribution in [1.29, 1.82) is 0 Å². The molecule has 0 aromatic rings. The van der Waals surface area contributed by atoms with E-state index in [1.165, 1.54) is 12.8 Å². The molecule has 1 rings (SSSR count). The first kappa shape index (κ1) is 18.0. The summed E-state index contributed by atoms with van der Waals surface area (Å²) in [4.78, 5) is 6.54. The third-order valence-electron chi connectivity index (χ3n) is 2.94. The Labute approximate surface area is 128 Å². The van der Waals surface area contributed by atoms with E-state index >= 15 is 0 Å². The summed E-state index contributed by atoms with van der Waals surface area (Å²) in [5, 5.41) is 0. The molecule has 108 valence electrons. The second kappa shape index (κ2) is 8.96. The number of nitrogens with two attached hydrogens (primary N) is 1. The molecule has 0 radical (unpaired) electrons. The first-order chi connectivity index (χ1) is 7.99. The van der Waals surface area contributed by atoms with Crippen LogP contribution in [0.1, 0.15) is 40.0 Å². The molecule has 0 amide bonds. The fourth-order valence-corrected chi connectivity index (χ4v) is 1.85. The van der Waals surface area contributed by atoms with E-state index in [4.69, 9.17) is 10.5 Å². The van der Waals surface area contributed by atoms with Gasteiger partial charge in [0.1, 0.15) is 0 Å². The molecule has 0 aromatic heterocycles. The zero-order valence-electron chi connectivity index (χ0n) is 11.9. The standard InChI is InChI=1S/C13H27N3O.HI/c1-13(2,3)6-4-5-7-15-12(14)16-8-10-17-11-9-16;/h4-11H2,1-3H3,(H2,14,15);1H. The maximum Gasteiger partial charge on any atom is 0.191 e. The van der Waals surface area contributed by atoms with Crippen molar-refractivity contribution in [2.45, 2.75) is 40.0 Å². The fraction of sp³-hybridized carbons (Fsp3) is 0.923. The molecule has 0 atom stereocenters. The predicted molar refractivity (Wildman–Crippen MR) is 87.6 cm³/mol. The van der Waals surface area contributed by atoms with Crippen molar-refractivity contribution in [3.63, 3.8) is 0 Å². The second-order valence-corrected chi connectivity index (χ2v) is 5.86. The number of halogens is 1. The van der Waals surface area contributed by atoms with Crippen LogP contribution in [0.2, 0.25) is 0 Å². The van der Waals surface area contributed by atoms with Crippen LogP contribution in [0.25, 0.3) is 0 Å². The second-order valence-electron chi connectivity index (χ2n) is 5.86. The maximum atomic E-state index is 5.94. The van der Waals surface area contributed by atoms with Gasteiger partial charge in [-0.2, -0.15) is 0 Å². The molecule has 5 heteroatoms. The van der Waals surface area contributed by atoms with Crippen molar-refractivity contribution in [3.8, 4) is 0 Å². The van der Waals surface area contributed by atoms with Crippen LogP contribution in [-0.4, -0.2) is 43.7 Å². The van der Waals surface area contributed by atoms with Gasteiger partial charge in [-0.25, -0.2) is 0 Å². The van der Waals surface area contributed by atoms with Gasteiger partial charge in [0.2, 0.25) is 0 Å². The largest absolute Gasteiger partial charge is 0.378 e. The SMILES string of the molecule is CC(C)(C)CCCCN=C(N)N1CCOCC1.I. The van der Waals surface area contributed by atoms with Crippen molar-refractivity contribution >= 4 is 29.9 Å². The smallest absolute Gasteiger partial charge is 0.191 e. The molecule has 1 saturated heterocycles. The molecule has 1 aliphatic rings. The Balaban J connectivity index is 0.00000289. The van der Waals surface area contributed by atoms with Gasteiger partial charge in [0.05, 0.1) is 13.2 Å². The van der Waals surface area contributed by atoms with Gasteiger partial charge in [-0.05, 0) is 18.3 Å². The van der Waals surface area contributed by atoms with E-state index < -0.39 is 0 Å². The minimum Gasteiger partial charge on any atom is -0.378 e. The van der Waals surface area contributed by atoms with Gasteiger partial charge in [0.15, 0.2) is 5.96 Å². The van der Waals surface area contributed by atoms with Gasteiger partial charge >= 0.3 is 0 Å². The first-order valence-corrected chi connectivity index (χ1v) is 6.62. The molecule has 4 nitrogen and oxygen atoms in total. The Kier molecular flexibility index (Phi) is 8.94. The molecule has 0 unspecified atom stereocenters.